The van der Waals surface area contributed by atoms with E-state index < -0.39 is 11.8 Å². The summed E-state index contributed by atoms with van der Waals surface area (Å²) in [6.45, 7) is 4.71. The molecule has 1 aromatic heterocycles. The Labute approximate surface area is 202 Å². The standard InChI is InChI=1S/C23H28ClF2N5O3/c1-23(25,26)21(32)31-8-6-16(7-9-31)15-34-20-19(24)14-27-22(29-20)28-17-2-4-18(5-3-17)30-10-12-33-13-11-30/h2-5,14,16H,6-13,15H2,1H3,(H,27,28,29). The van der Waals surface area contributed by atoms with E-state index in [-0.39, 0.29) is 29.9 Å². The molecule has 0 unspecified atom stereocenters. The number of carbonyl (C=O) groups excluding carboxylic acids is 1. The Kier molecular flexibility index (Phi) is 7.67. The molecule has 1 N–H and O–H groups in total. The Morgan fingerprint density at radius 3 is 2.53 bits per heavy atom. The number of nitrogens with zero attached hydrogens (tertiary/aromatic N) is 4. The molecule has 0 radical (unpaired) electrons. The van der Waals surface area contributed by atoms with Gasteiger partial charge in [0.05, 0.1) is 26.0 Å². The fourth-order valence-electron chi connectivity index (χ4n) is 4.00. The molecule has 2 aliphatic rings. The number of alkyl halides is 2. The largest absolute Gasteiger partial charge is 0.476 e. The number of ether oxygens (including phenoxy) is 2. The van der Waals surface area contributed by atoms with Crippen LogP contribution in [0, 0.1) is 5.92 Å². The lowest BCUT2D eigenvalue weighted by Crippen LogP contribution is -2.46. The minimum Gasteiger partial charge on any atom is -0.476 e. The Balaban J connectivity index is 1.30. The van der Waals surface area contributed by atoms with Crippen LogP contribution in [0.15, 0.2) is 30.5 Å². The minimum atomic E-state index is -3.34. The first kappa shape index (κ1) is 24.4. The summed E-state index contributed by atoms with van der Waals surface area (Å²) in [7, 11) is 0. The molecule has 1 amide bonds. The first-order chi connectivity index (χ1) is 16.3. The van der Waals surface area contributed by atoms with Crippen molar-refractivity contribution < 1.29 is 23.0 Å². The van der Waals surface area contributed by atoms with E-state index in [0.29, 0.717) is 32.3 Å². The van der Waals surface area contributed by atoms with Crippen molar-refractivity contribution in [1.82, 2.24) is 14.9 Å². The Morgan fingerprint density at radius 2 is 1.88 bits per heavy atom. The number of amides is 1. The number of nitrogens with one attached hydrogen (secondary N) is 1. The fraction of sp³-hybridized carbons (Fsp3) is 0.522. The van der Waals surface area contributed by atoms with E-state index in [4.69, 9.17) is 21.1 Å². The van der Waals surface area contributed by atoms with Gasteiger partial charge in [0, 0.05) is 44.5 Å². The number of anilines is 3. The zero-order valence-electron chi connectivity index (χ0n) is 19.0. The molecule has 0 aliphatic carbocycles. The average Bonchev–Trinajstić information content (AvgIpc) is 2.85. The lowest BCUT2D eigenvalue weighted by Gasteiger charge is -2.33. The summed E-state index contributed by atoms with van der Waals surface area (Å²) < 4.78 is 37.7. The van der Waals surface area contributed by atoms with Crippen LogP contribution in [0.4, 0.5) is 26.1 Å². The number of piperidine rings is 1. The molecule has 0 bridgehead atoms. The molecule has 34 heavy (non-hydrogen) atoms. The van der Waals surface area contributed by atoms with Gasteiger partial charge in [-0.15, -0.1) is 0 Å². The van der Waals surface area contributed by atoms with Gasteiger partial charge in [0.2, 0.25) is 11.8 Å². The molecule has 0 atom stereocenters. The summed E-state index contributed by atoms with van der Waals surface area (Å²) in [6.07, 6.45) is 2.62. The summed E-state index contributed by atoms with van der Waals surface area (Å²) >= 11 is 6.21. The fourth-order valence-corrected chi connectivity index (χ4v) is 4.14. The Morgan fingerprint density at radius 1 is 1.21 bits per heavy atom. The van der Waals surface area contributed by atoms with E-state index >= 15 is 0 Å². The highest BCUT2D eigenvalue weighted by Gasteiger charge is 2.38. The first-order valence-electron chi connectivity index (χ1n) is 11.3. The summed E-state index contributed by atoms with van der Waals surface area (Å²) in [4.78, 5) is 23.8. The number of hydrogen-bond donors (Lipinski definition) is 1. The van der Waals surface area contributed by atoms with Crippen molar-refractivity contribution in [3.05, 3.63) is 35.5 Å². The van der Waals surface area contributed by atoms with Crippen molar-refractivity contribution in [3.8, 4) is 5.88 Å². The third-order valence-corrected chi connectivity index (χ3v) is 6.20. The van der Waals surface area contributed by atoms with Gasteiger partial charge in [-0.1, -0.05) is 11.6 Å². The molecule has 2 aromatic rings. The lowest BCUT2D eigenvalue weighted by atomic mass is 9.97. The predicted octanol–water partition coefficient (Wildman–Crippen LogP) is 3.98. The van der Waals surface area contributed by atoms with Gasteiger partial charge in [-0.2, -0.15) is 13.8 Å². The van der Waals surface area contributed by atoms with E-state index in [1.54, 1.807) is 0 Å². The topological polar surface area (TPSA) is 79.8 Å². The smallest absolute Gasteiger partial charge is 0.322 e. The SMILES string of the molecule is CC(F)(F)C(=O)N1CCC(COc2nc(Nc3ccc(N4CCOCC4)cc3)ncc2Cl)CC1. The van der Waals surface area contributed by atoms with E-state index in [0.717, 1.165) is 37.7 Å². The number of benzene rings is 1. The number of hydrogen-bond acceptors (Lipinski definition) is 7. The number of halogens is 3. The molecule has 1 aromatic carbocycles. The molecule has 8 nitrogen and oxygen atoms in total. The molecule has 0 saturated carbocycles. The summed E-state index contributed by atoms with van der Waals surface area (Å²) in [6, 6.07) is 7.98. The van der Waals surface area contributed by atoms with Crippen molar-refractivity contribution in [1.29, 1.82) is 0 Å². The van der Waals surface area contributed by atoms with Crippen LogP contribution in [0.5, 0.6) is 5.88 Å². The second-order valence-electron chi connectivity index (χ2n) is 8.55. The maximum atomic E-state index is 13.3. The molecular formula is C23H28ClF2N5O3. The van der Waals surface area contributed by atoms with E-state index in [2.05, 4.69) is 20.2 Å². The molecule has 11 heteroatoms. The van der Waals surface area contributed by atoms with Crippen molar-refractivity contribution in [2.75, 3.05) is 56.2 Å². The van der Waals surface area contributed by atoms with Crippen molar-refractivity contribution in [3.63, 3.8) is 0 Å². The van der Waals surface area contributed by atoms with Crippen LogP contribution in [-0.2, 0) is 9.53 Å². The van der Waals surface area contributed by atoms with Gasteiger partial charge in [-0.05, 0) is 43.0 Å². The molecule has 2 saturated heterocycles. The molecule has 0 spiro atoms. The van der Waals surface area contributed by atoms with Crippen LogP contribution in [0.2, 0.25) is 5.02 Å². The summed E-state index contributed by atoms with van der Waals surface area (Å²) in [5, 5.41) is 3.44. The number of likely N-dealkylation sites (tertiary alicyclic amines) is 1. The highest BCUT2D eigenvalue weighted by atomic mass is 35.5. The van der Waals surface area contributed by atoms with Crippen molar-refractivity contribution in [2.45, 2.75) is 25.7 Å². The van der Waals surface area contributed by atoms with Gasteiger partial charge < -0.3 is 24.6 Å². The Bertz CT molecular complexity index is 976. The number of rotatable bonds is 7. The van der Waals surface area contributed by atoms with Crippen molar-refractivity contribution >= 4 is 34.8 Å². The molecule has 3 heterocycles. The molecule has 2 aliphatic heterocycles. The zero-order valence-corrected chi connectivity index (χ0v) is 19.7. The molecule has 184 valence electrons. The number of morpholine rings is 1. The maximum absolute atomic E-state index is 13.3. The van der Waals surface area contributed by atoms with Gasteiger partial charge in [0.1, 0.15) is 5.02 Å². The van der Waals surface area contributed by atoms with Crippen LogP contribution in [0.25, 0.3) is 0 Å². The summed E-state index contributed by atoms with van der Waals surface area (Å²) in [5.41, 5.74) is 1.96. The van der Waals surface area contributed by atoms with Crippen LogP contribution < -0.4 is 15.0 Å². The van der Waals surface area contributed by atoms with Gasteiger partial charge in [-0.3, -0.25) is 4.79 Å². The number of carbonyl (C=O) groups is 1. The van der Waals surface area contributed by atoms with Gasteiger partial charge in [0.25, 0.3) is 5.91 Å². The van der Waals surface area contributed by atoms with Crippen LogP contribution in [0.1, 0.15) is 19.8 Å². The molecular weight excluding hydrogens is 468 g/mol. The number of aromatic nitrogens is 2. The second kappa shape index (κ2) is 10.7. The van der Waals surface area contributed by atoms with Crippen LogP contribution >= 0.6 is 11.6 Å². The monoisotopic (exact) mass is 495 g/mol. The maximum Gasteiger partial charge on any atom is 0.322 e. The Hall–Kier alpha value is -2.72. The quantitative estimate of drug-likeness (QED) is 0.622. The normalized spacial score (nSPS) is 17.5. The van der Waals surface area contributed by atoms with Crippen LogP contribution in [-0.4, -0.2) is 72.7 Å². The summed E-state index contributed by atoms with van der Waals surface area (Å²) in [5.74, 6) is -3.75. The lowest BCUT2D eigenvalue weighted by molar-refractivity contribution is -0.156. The highest BCUT2D eigenvalue weighted by molar-refractivity contribution is 6.31. The van der Waals surface area contributed by atoms with Gasteiger partial charge >= 0.3 is 5.92 Å². The third kappa shape index (κ3) is 6.24. The van der Waals surface area contributed by atoms with Gasteiger partial charge in [-0.25, -0.2) is 4.98 Å². The molecule has 4 rings (SSSR count). The first-order valence-corrected chi connectivity index (χ1v) is 11.7. The van der Waals surface area contributed by atoms with E-state index in [1.807, 2.05) is 24.3 Å². The molecule has 2 fully saturated rings. The highest BCUT2D eigenvalue weighted by Crippen LogP contribution is 2.27. The predicted molar refractivity (Wildman–Crippen MR) is 125 cm³/mol. The van der Waals surface area contributed by atoms with E-state index in [9.17, 15) is 13.6 Å². The minimum absolute atomic E-state index is 0.115. The van der Waals surface area contributed by atoms with Crippen molar-refractivity contribution in [2.24, 2.45) is 5.92 Å². The average molecular weight is 496 g/mol. The van der Waals surface area contributed by atoms with E-state index in [1.165, 1.54) is 11.1 Å². The zero-order chi connectivity index (χ0) is 24.1. The third-order valence-electron chi connectivity index (χ3n) is 5.94. The van der Waals surface area contributed by atoms with Crippen LogP contribution in [0.3, 0.4) is 0 Å². The second-order valence-corrected chi connectivity index (χ2v) is 8.96. The van der Waals surface area contributed by atoms with Gasteiger partial charge in [0.15, 0.2) is 0 Å².